The highest BCUT2D eigenvalue weighted by Crippen LogP contribution is 2.23. The molecule has 1 aromatic carbocycles. The van der Waals surface area contributed by atoms with Gasteiger partial charge in [-0.3, -0.25) is 4.79 Å². The number of H-pyrrole nitrogens is 1. The van der Waals surface area contributed by atoms with Crippen LogP contribution in [0, 0.1) is 5.92 Å². The van der Waals surface area contributed by atoms with Crippen LogP contribution in [-0.2, 0) is 6.42 Å². The Morgan fingerprint density at radius 1 is 1.33 bits per heavy atom. The lowest BCUT2D eigenvalue weighted by Crippen LogP contribution is -2.34. The van der Waals surface area contributed by atoms with E-state index in [4.69, 9.17) is 0 Å². The normalized spacial score (nSPS) is 17.3. The zero-order valence-corrected chi connectivity index (χ0v) is 15.6. The molecule has 130 valence electrons. The summed E-state index contributed by atoms with van der Waals surface area (Å²) in [5.41, 5.74) is 3.98. The Hall–Kier alpha value is -1.39. The monoisotopic (exact) mass is 344 g/mol. The number of fused-ring (bicyclic) bond motifs is 1. The fourth-order valence-corrected chi connectivity index (χ4v) is 4.44. The molecule has 0 radical (unpaired) electrons. The molecule has 0 aliphatic carbocycles. The number of rotatable bonds is 6. The van der Waals surface area contributed by atoms with E-state index in [2.05, 4.69) is 41.9 Å². The second-order valence-corrected chi connectivity index (χ2v) is 8.08. The van der Waals surface area contributed by atoms with Crippen LogP contribution in [0.25, 0.3) is 10.2 Å². The van der Waals surface area contributed by atoms with Gasteiger partial charge >= 0.3 is 4.87 Å². The predicted molar refractivity (Wildman–Crippen MR) is 104 cm³/mol. The van der Waals surface area contributed by atoms with E-state index in [9.17, 15) is 4.79 Å². The van der Waals surface area contributed by atoms with E-state index in [0.717, 1.165) is 23.2 Å². The minimum Gasteiger partial charge on any atom is -0.312 e. The SMILES string of the molecule is CCCC=C1CCN(CC(C)Cc2cccc3sc(=O)[nH]c23)CC1. The second-order valence-electron chi connectivity index (χ2n) is 7.07. The van der Waals surface area contributed by atoms with Crippen LogP contribution < -0.4 is 4.87 Å². The molecule has 0 spiro atoms. The van der Waals surface area contributed by atoms with Crippen molar-refractivity contribution in [3.8, 4) is 0 Å². The number of aromatic nitrogens is 1. The summed E-state index contributed by atoms with van der Waals surface area (Å²) >= 11 is 1.31. The number of para-hydroxylation sites is 1. The van der Waals surface area contributed by atoms with Crippen molar-refractivity contribution in [2.45, 2.75) is 46.0 Å². The zero-order chi connectivity index (χ0) is 16.9. The van der Waals surface area contributed by atoms with Gasteiger partial charge in [0.05, 0.1) is 10.2 Å². The summed E-state index contributed by atoms with van der Waals surface area (Å²) < 4.78 is 1.08. The Morgan fingerprint density at radius 3 is 2.88 bits per heavy atom. The molecule has 1 unspecified atom stereocenters. The summed E-state index contributed by atoms with van der Waals surface area (Å²) in [6, 6.07) is 6.25. The summed E-state index contributed by atoms with van der Waals surface area (Å²) in [4.78, 5) is 17.3. The number of hydrogen-bond acceptors (Lipinski definition) is 3. The van der Waals surface area contributed by atoms with Crippen molar-refractivity contribution in [2.75, 3.05) is 19.6 Å². The lowest BCUT2D eigenvalue weighted by atomic mass is 9.97. The molecule has 3 rings (SSSR count). The van der Waals surface area contributed by atoms with Gasteiger partial charge in [0.15, 0.2) is 0 Å². The number of likely N-dealkylation sites (tertiary alicyclic amines) is 1. The average Bonchev–Trinajstić information content (AvgIpc) is 2.95. The first-order valence-corrected chi connectivity index (χ1v) is 9.98. The van der Waals surface area contributed by atoms with Crippen molar-refractivity contribution in [3.05, 3.63) is 45.1 Å². The van der Waals surface area contributed by atoms with Gasteiger partial charge in [0.1, 0.15) is 0 Å². The molecule has 24 heavy (non-hydrogen) atoms. The van der Waals surface area contributed by atoms with Crippen LogP contribution in [0.5, 0.6) is 0 Å². The molecule has 1 saturated heterocycles. The van der Waals surface area contributed by atoms with Crippen LogP contribution in [0.1, 0.15) is 45.1 Å². The largest absolute Gasteiger partial charge is 0.312 e. The van der Waals surface area contributed by atoms with E-state index in [0.29, 0.717) is 5.92 Å². The maximum absolute atomic E-state index is 11.6. The maximum Gasteiger partial charge on any atom is 0.305 e. The molecule has 2 heterocycles. The van der Waals surface area contributed by atoms with E-state index in [1.54, 1.807) is 5.57 Å². The van der Waals surface area contributed by atoms with Crippen molar-refractivity contribution in [2.24, 2.45) is 5.92 Å². The van der Waals surface area contributed by atoms with Gasteiger partial charge in [0.25, 0.3) is 0 Å². The molecule has 4 heteroatoms. The molecule has 1 N–H and O–H groups in total. The molecular weight excluding hydrogens is 316 g/mol. The number of allylic oxidation sites excluding steroid dienone is 1. The van der Waals surface area contributed by atoms with Crippen LogP contribution in [0.15, 0.2) is 34.6 Å². The lowest BCUT2D eigenvalue weighted by Gasteiger charge is -2.30. The summed E-state index contributed by atoms with van der Waals surface area (Å²) in [5.74, 6) is 0.597. The third-order valence-corrected chi connectivity index (χ3v) is 5.75. The molecule has 1 aliphatic rings. The summed E-state index contributed by atoms with van der Waals surface area (Å²) in [7, 11) is 0. The Labute approximate surface area is 148 Å². The summed E-state index contributed by atoms with van der Waals surface area (Å²) in [6.45, 7) is 8.10. The number of aromatic amines is 1. The van der Waals surface area contributed by atoms with Crippen molar-refractivity contribution < 1.29 is 0 Å². The van der Waals surface area contributed by atoms with Crippen LogP contribution in [0.3, 0.4) is 0 Å². The van der Waals surface area contributed by atoms with Crippen molar-refractivity contribution >= 4 is 21.6 Å². The molecule has 1 atom stereocenters. The fourth-order valence-electron chi connectivity index (χ4n) is 3.66. The molecule has 1 fully saturated rings. The van der Waals surface area contributed by atoms with E-state index < -0.39 is 0 Å². The molecule has 0 saturated carbocycles. The van der Waals surface area contributed by atoms with E-state index >= 15 is 0 Å². The first-order valence-electron chi connectivity index (χ1n) is 9.16. The summed E-state index contributed by atoms with van der Waals surface area (Å²) in [5, 5.41) is 0. The predicted octanol–water partition coefficient (Wildman–Crippen LogP) is 4.59. The Bertz CT molecular complexity index is 748. The first-order chi connectivity index (χ1) is 11.7. The van der Waals surface area contributed by atoms with Gasteiger partial charge in [-0.1, -0.05) is 55.4 Å². The van der Waals surface area contributed by atoms with Crippen molar-refractivity contribution in [3.63, 3.8) is 0 Å². The van der Waals surface area contributed by atoms with Gasteiger partial charge < -0.3 is 9.88 Å². The standard InChI is InChI=1S/C20H28N2OS/c1-3-4-6-16-9-11-22(12-10-16)14-15(2)13-17-7-5-8-18-19(17)21-20(23)24-18/h5-8,15H,3-4,9-14H2,1-2H3,(H,21,23). The van der Waals surface area contributed by atoms with E-state index in [1.807, 2.05) is 6.07 Å². The third kappa shape index (κ3) is 4.37. The zero-order valence-electron chi connectivity index (χ0n) is 14.8. The highest BCUT2D eigenvalue weighted by Gasteiger charge is 2.17. The van der Waals surface area contributed by atoms with Crippen LogP contribution in [-0.4, -0.2) is 29.5 Å². The number of benzene rings is 1. The molecular formula is C20H28N2OS. The average molecular weight is 345 g/mol. The maximum atomic E-state index is 11.6. The molecule has 0 amide bonds. The van der Waals surface area contributed by atoms with Gasteiger partial charge in [-0.2, -0.15) is 0 Å². The number of piperidine rings is 1. The van der Waals surface area contributed by atoms with Crippen LogP contribution in [0.2, 0.25) is 0 Å². The Balaban J connectivity index is 1.56. The lowest BCUT2D eigenvalue weighted by molar-refractivity contribution is 0.222. The van der Waals surface area contributed by atoms with Gasteiger partial charge in [0.2, 0.25) is 0 Å². The minimum atomic E-state index is 0.0486. The van der Waals surface area contributed by atoms with Gasteiger partial charge in [-0.05, 0) is 43.2 Å². The van der Waals surface area contributed by atoms with Crippen molar-refractivity contribution in [1.29, 1.82) is 0 Å². The number of nitrogens with zero attached hydrogens (tertiary/aromatic N) is 1. The van der Waals surface area contributed by atoms with Crippen LogP contribution >= 0.6 is 11.3 Å². The smallest absolute Gasteiger partial charge is 0.305 e. The topological polar surface area (TPSA) is 36.1 Å². The Morgan fingerprint density at radius 2 is 2.12 bits per heavy atom. The third-order valence-electron chi connectivity index (χ3n) is 4.90. The molecule has 3 nitrogen and oxygen atoms in total. The van der Waals surface area contributed by atoms with Gasteiger partial charge in [-0.15, -0.1) is 0 Å². The molecule has 0 bridgehead atoms. The van der Waals surface area contributed by atoms with Gasteiger partial charge in [0, 0.05) is 19.6 Å². The quantitative estimate of drug-likeness (QED) is 0.778. The molecule has 1 aromatic heterocycles. The first kappa shape index (κ1) is 17.4. The van der Waals surface area contributed by atoms with Crippen LogP contribution in [0.4, 0.5) is 0 Å². The van der Waals surface area contributed by atoms with Crippen molar-refractivity contribution in [1.82, 2.24) is 9.88 Å². The minimum absolute atomic E-state index is 0.0486. The highest BCUT2D eigenvalue weighted by atomic mass is 32.1. The summed E-state index contributed by atoms with van der Waals surface area (Å²) in [6.07, 6.45) is 8.43. The number of nitrogens with one attached hydrogen (secondary N) is 1. The highest BCUT2D eigenvalue weighted by molar-refractivity contribution is 7.16. The Kier molecular flexibility index (Phi) is 5.90. The van der Waals surface area contributed by atoms with E-state index in [1.165, 1.54) is 55.7 Å². The number of hydrogen-bond donors (Lipinski definition) is 1. The fraction of sp³-hybridized carbons (Fsp3) is 0.550. The van der Waals surface area contributed by atoms with E-state index in [-0.39, 0.29) is 4.87 Å². The molecule has 1 aliphatic heterocycles. The second kappa shape index (κ2) is 8.13. The number of unbranched alkanes of at least 4 members (excludes halogenated alkanes) is 1. The molecule has 2 aromatic rings. The van der Waals surface area contributed by atoms with Gasteiger partial charge in [-0.25, -0.2) is 0 Å². The number of thiazole rings is 1.